The van der Waals surface area contributed by atoms with E-state index in [0.29, 0.717) is 0 Å². The highest BCUT2D eigenvalue weighted by Gasteiger charge is 1.88. The monoisotopic (exact) mass is 536 g/mol. The molecule has 0 heteroatoms. The molecule has 0 nitrogen and oxygen atoms in total. The van der Waals surface area contributed by atoms with Crippen LogP contribution >= 0.6 is 0 Å². The Labute approximate surface area is 248 Å². The quantitative estimate of drug-likeness (QED) is 0.136. The fourth-order valence-corrected chi connectivity index (χ4v) is 3.41. The molecule has 0 heterocycles. The Kier molecular flexibility index (Phi) is 21.5. The van der Waals surface area contributed by atoms with Gasteiger partial charge >= 0.3 is 0 Å². The van der Waals surface area contributed by atoms with Crippen molar-refractivity contribution in [2.75, 3.05) is 0 Å². The first-order chi connectivity index (χ1) is 19.0. The van der Waals surface area contributed by atoms with Crippen LogP contribution in [0.3, 0.4) is 0 Å². The average molecular weight is 537 g/mol. The Morgan fingerprint density at radius 2 is 0.625 bits per heavy atom. The van der Waals surface area contributed by atoms with Crippen molar-refractivity contribution in [2.45, 2.75) is 94.9 Å². The normalized spacial score (nSPS) is 15.1. The second-order valence-electron chi connectivity index (χ2n) is 11.1. The van der Waals surface area contributed by atoms with Gasteiger partial charge in [0.2, 0.25) is 0 Å². The third-order valence-electron chi connectivity index (χ3n) is 5.93. The van der Waals surface area contributed by atoms with Gasteiger partial charge in [0.15, 0.2) is 0 Å². The minimum atomic E-state index is 1.12. The van der Waals surface area contributed by atoms with E-state index in [1.165, 1.54) is 44.6 Å². The molecule has 0 saturated carbocycles. The maximum atomic E-state index is 2.30. The highest BCUT2D eigenvalue weighted by molar-refractivity contribution is 5.32. The first-order valence-corrected chi connectivity index (χ1v) is 14.7. The second-order valence-corrected chi connectivity index (χ2v) is 11.1. The molecular formula is C40H56. The van der Waals surface area contributed by atoms with Crippen LogP contribution in [0, 0.1) is 0 Å². The SMILES string of the molecule is CC(C)=CCC\C(C)=C/C=C/C(C)=C\C=C\C(C)=C/C=C/C=C(C)\C=C\C=C(C)/C=C/C=C(/C)CCC=C(C)C. The van der Waals surface area contributed by atoms with Crippen molar-refractivity contribution >= 4 is 0 Å². The number of hydrogen-bond donors (Lipinski definition) is 0. The summed E-state index contributed by atoms with van der Waals surface area (Å²) in [4.78, 5) is 0. The van der Waals surface area contributed by atoms with Crippen molar-refractivity contribution in [3.63, 3.8) is 0 Å². The molecule has 0 unspecified atom stereocenters. The zero-order valence-corrected chi connectivity index (χ0v) is 27.2. The maximum Gasteiger partial charge on any atom is -0.0285 e. The molecule has 0 aliphatic heterocycles. The van der Waals surface area contributed by atoms with E-state index in [-0.39, 0.29) is 0 Å². The predicted molar refractivity (Wildman–Crippen MR) is 186 cm³/mol. The van der Waals surface area contributed by atoms with Gasteiger partial charge in [-0.05, 0) is 94.9 Å². The fourth-order valence-electron chi connectivity index (χ4n) is 3.41. The van der Waals surface area contributed by atoms with E-state index in [2.05, 4.69) is 179 Å². The van der Waals surface area contributed by atoms with Crippen molar-refractivity contribution in [2.24, 2.45) is 0 Å². The molecule has 0 aliphatic rings. The third kappa shape index (κ3) is 24.9. The van der Waals surface area contributed by atoms with Gasteiger partial charge in [-0.25, -0.2) is 0 Å². The summed E-state index contributed by atoms with van der Waals surface area (Å²) in [6, 6.07) is 0. The second kappa shape index (κ2) is 23.5. The van der Waals surface area contributed by atoms with Crippen LogP contribution in [0.2, 0.25) is 0 Å². The van der Waals surface area contributed by atoms with Gasteiger partial charge in [-0.2, -0.15) is 0 Å². The van der Waals surface area contributed by atoms with E-state index in [9.17, 15) is 0 Å². The van der Waals surface area contributed by atoms with Gasteiger partial charge in [-0.15, -0.1) is 0 Å². The van der Waals surface area contributed by atoms with E-state index < -0.39 is 0 Å². The summed E-state index contributed by atoms with van der Waals surface area (Å²) in [5, 5.41) is 0. The van der Waals surface area contributed by atoms with Crippen molar-refractivity contribution in [3.8, 4) is 0 Å². The summed E-state index contributed by atoms with van der Waals surface area (Å²) in [6.07, 6.45) is 43.3. The van der Waals surface area contributed by atoms with Gasteiger partial charge in [-0.1, -0.05) is 154 Å². The van der Waals surface area contributed by atoms with E-state index in [4.69, 9.17) is 0 Å². The van der Waals surface area contributed by atoms with Crippen LogP contribution in [0.25, 0.3) is 0 Å². The first kappa shape index (κ1) is 36.6. The van der Waals surface area contributed by atoms with Crippen molar-refractivity contribution in [1.82, 2.24) is 0 Å². The van der Waals surface area contributed by atoms with Crippen molar-refractivity contribution < 1.29 is 0 Å². The molecule has 0 rings (SSSR count). The lowest BCUT2D eigenvalue weighted by atomic mass is 10.1. The molecule has 0 aromatic rings. The summed E-state index contributed by atoms with van der Waals surface area (Å²) >= 11 is 0. The van der Waals surface area contributed by atoms with Crippen LogP contribution in [-0.2, 0) is 0 Å². The van der Waals surface area contributed by atoms with Gasteiger partial charge in [0.1, 0.15) is 0 Å². The lowest BCUT2D eigenvalue weighted by Gasteiger charge is -1.96. The maximum absolute atomic E-state index is 2.30. The Balaban J connectivity index is 4.70. The van der Waals surface area contributed by atoms with Crippen molar-refractivity contribution in [3.05, 3.63) is 154 Å². The van der Waals surface area contributed by atoms with Gasteiger partial charge in [0, 0.05) is 0 Å². The molecule has 0 aromatic heterocycles. The summed E-state index contributed by atoms with van der Waals surface area (Å²) in [6.45, 7) is 21.5. The molecule has 0 aromatic carbocycles. The Morgan fingerprint density at radius 3 is 0.925 bits per heavy atom. The highest BCUT2D eigenvalue weighted by Crippen LogP contribution is 2.09. The van der Waals surface area contributed by atoms with Crippen LogP contribution < -0.4 is 0 Å². The molecule has 0 saturated heterocycles. The van der Waals surface area contributed by atoms with Gasteiger partial charge in [0.05, 0.1) is 0 Å². The molecule has 40 heavy (non-hydrogen) atoms. The first-order valence-electron chi connectivity index (χ1n) is 14.7. The molecule has 216 valence electrons. The molecule has 0 atom stereocenters. The Hall–Kier alpha value is -3.38. The van der Waals surface area contributed by atoms with E-state index in [0.717, 1.165) is 25.7 Å². The van der Waals surface area contributed by atoms with E-state index in [1.807, 2.05) is 0 Å². The molecule has 0 radical (unpaired) electrons. The van der Waals surface area contributed by atoms with Crippen LogP contribution in [0.1, 0.15) is 94.9 Å². The van der Waals surface area contributed by atoms with Gasteiger partial charge < -0.3 is 0 Å². The van der Waals surface area contributed by atoms with Gasteiger partial charge in [0.25, 0.3) is 0 Å². The molecule has 0 bridgehead atoms. The fraction of sp³-hybridized carbons (Fsp3) is 0.350. The summed E-state index contributed by atoms with van der Waals surface area (Å²) in [5.74, 6) is 0. The van der Waals surface area contributed by atoms with Gasteiger partial charge in [-0.3, -0.25) is 0 Å². The van der Waals surface area contributed by atoms with Crippen LogP contribution in [0.4, 0.5) is 0 Å². The van der Waals surface area contributed by atoms with E-state index >= 15 is 0 Å². The summed E-state index contributed by atoms with van der Waals surface area (Å²) in [7, 11) is 0. The average Bonchev–Trinajstić information content (AvgIpc) is 2.86. The Morgan fingerprint density at radius 1 is 0.350 bits per heavy atom. The number of rotatable bonds is 16. The number of allylic oxidation sites excluding steroid dienone is 26. The Bertz CT molecular complexity index is 1050. The molecule has 0 spiro atoms. The zero-order chi connectivity index (χ0) is 30.2. The molecule has 0 aliphatic carbocycles. The number of hydrogen-bond acceptors (Lipinski definition) is 0. The predicted octanol–water partition coefficient (Wildman–Crippen LogP) is 12.9. The minimum Gasteiger partial charge on any atom is -0.0856 e. The standard InChI is InChI=1S/C40H56/c1-33(2)19-13-23-37(7)27-17-31-39(9)29-15-25-35(5)21-11-12-22-36(6)26-16-30-40(10)32-18-28-38(8)24-14-20-34(3)4/h11-12,15-22,25-32H,13-14,23-24H2,1-10H3/b12-11+,25-15+,26-16+,31-17+,32-18+,35-21-,36-22-,37-27-,38-28-,39-29-,40-30-. The lowest BCUT2D eigenvalue weighted by Crippen LogP contribution is -1.76. The van der Waals surface area contributed by atoms with Crippen LogP contribution in [0.15, 0.2) is 154 Å². The minimum absolute atomic E-state index is 1.12. The van der Waals surface area contributed by atoms with Crippen LogP contribution in [0.5, 0.6) is 0 Å². The van der Waals surface area contributed by atoms with Crippen molar-refractivity contribution in [1.29, 1.82) is 0 Å². The summed E-state index contributed by atoms with van der Waals surface area (Å²) in [5.41, 5.74) is 10.5. The lowest BCUT2D eigenvalue weighted by molar-refractivity contribution is 0.967. The highest BCUT2D eigenvalue weighted by atomic mass is 13.9. The van der Waals surface area contributed by atoms with E-state index in [1.54, 1.807) is 0 Å². The molecule has 0 N–H and O–H groups in total. The zero-order valence-electron chi connectivity index (χ0n) is 27.2. The largest absolute Gasteiger partial charge is 0.0856 e. The molecular weight excluding hydrogens is 480 g/mol. The topological polar surface area (TPSA) is 0 Å². The third-order valence-corrected chi connectivity index (χ3v) is 5.93. The molecule has 0 amide bonds. The molecule has 0 fully saturated rings. The van der Waals surface area contributed by atoms with Crippen LogP contribution in [-0.4, -0.2) is 0 Å². The summed E-state index contributed by atoms with van der Waals surface area (Å²) < 4.78 is 0. The smallest absolute Gasteiger partial charge is 0.0285 e.